The number of carboxylic acids is 1. The number of benzene rings is 1. The lowest BCUT2D eigenvalue weighted by Crippen LogP contribution is -2.59. The average molecular weight is 279 g/mol. The zero-order chi connectivity index (χ0) is 15.2. The highest BCUT2D eigenvalue weighted by molar-refractivity contribution is 6.07. The third kappa shape index (κ3) is 3.10. The predicted molar refractivity (Wildman–Crippen MR) is 76.8 cm³/mol. The Balaban J connectivity index is 3.26. The van der Waals surface area contributed by atoms with Crippen molar-refractivity contribution < 1.29 is 19.4 Å². The van der Waals surface area contributed by atoms with E-state index in [4.69, 9.17) is 4.74 Å². The maximum Gasteiger partial charge on any atom is 0.343 e. The molecule has 0 aliphatic carbocycles. The van der Waals surface area contributed by atoms with Crippen LogP contribution < -0.4 is 4.90 Å². The van der Waals surface area contributed by atoms with Crippen LogP contribution in [-0.4, -0.2) is 35.7 Å². The molecular formula is C15H21NO4. The number of hydrogen-bond donors (Lipinski definition) is 1. The van der Waals surface area contributed by atoms with Crippen molar-refractivity contribution in [3.05, 3.63) is 30.3 Å². The maximum atomic E-state index is 12.2. The standard InChI is InChI=1S/C15H21NO4/c1-4-11-16(12-9-7-6-8-10-12)15(3,13(17)18)14(19)20-5-2/h6-10H,4-5,11H2,1-3H3,(H,17,18). The van der Waals surface area contributed by atoms with E-state index in [1.807, 2.05) is 25.1 Å². The number of carbonyl (C=O) groups excluding carboxylic acids is 1. The van der Waals surface area contributed by atoms with Crippen LogP contribution in [0.5, 0.6) is 0 Å². The van der Waals surface area contributed by atoms with Crippen molar-refractivity contribution in [1.82, 2.24) is 0 Å². The van der Waals surface area contributed by atoms with E-state index in [-0.39, 0.29) is 6.61 Å². The minimum atomic E-state index is -1.73. The highest BCUT2D eigenvalue weighted by atomic mass is 16.5. The van der Waals surface area contributed by atoms with Crippen LogP contribution in [0.1, 0.15) is 27.2 Å². The highest BCUT2D eigenvalue weighted by Gasteiger charge is 2.48. The second-order valence-corrected chi connectivity index (χ2v) is 4.59. The van der Waals surface area contributed by atoms with Gasteiger partial charge in [-0.15, -0.1) is 0 Å². The van der Waals surface area contributed by atoms with Crippen molar-refractivity contribution in [2.75, 3.05) is 18.1 Å². The van der Waals surface area contributed by atoms with Crippen LogP contribution in [0.2, 0.25) is 0 Å². The van der Waals surface area contributed by atoms with Gasteiger partial charge >= 0.3 is 11.9 Å². The fourth-order valence-electron chi connectivity index (χ4n) is 2.03. The van der Waals surface area contributed by atoms with Gasteiger partial charge in [0.25, 0.3) is 0 Å². The summed E-state index contributed by atoms with van der Waals surface area (Å²) >= 11 is 0. The van der Waals surface area contributed by atoms with Crippen LogP contribution in [0.25, 0.3) is 0 Å². The number of esters is 1. The molecule has 1 atom stereocenters. The molecule has 0 spiro atoms. The lowest BCUT2D eigenvalue weighted by Gasteiger charge is -2.37. The average Bonchev–Trinajstić information content (AvgIpc) is 2.45. The molecule has 0 aliphatic rings. The lowest BCUT2D eigenvalue weighted by molar-refractivity contribution is -0.159. The Morgan fingerprint density at radius 2 is 1.85 bits per heavy atom. The van der Waals surface area contributed by atoms with Crippen LogP contribution in [0.4, 0.5) is 5.69 Å². The number of aliphatic carboxylic acids is 1. The number of nitrogens with zero attached hydrogens (tertiary/aromatic N) is 1. The number of carboxylic acid groups (broad SMARTS) is 1. The summed E-state index contributed by atoms with van der Waals surface area (Å²) in [5.41, 5.74) is -1.04. The fourth-order valence-corrected chi connectivity index (χ4v) is 2.03. The van der Waals surface area contributed by atoms with Crippen LogP contribution in [-0.2, 0) is 14.3 Å². The van der Waals surface area contributed by atoms with Gasteiger partial charge in [-0.25, -0.2) is 9.59 Å². The summed E-state index contributed by atoms with van der Waals surface area (Å²) in [6.45, 7) is 5.58. The Labute approximate surface area is 119 Å². The van der Waals surface area contributed by atoms with Crippen LogP contribution in [0.15, 0.2) is 30.3 Å². The van der Waals surface area contributed by atoms with Crippen LogP contribution >= 0.6 is 0 Å². The van der Waals surface area contributed by atoms with Gasteiger partial charge in [-0.1, -0.05) is 25.1 Å². The second-order valence-electron chi connectivity index (χ2n) is 4.59. The molecule has 0 aliphatic heterocycles. The SMILES string of the molecule is CCCN(c1ccccc1)C(C)(C(=O)O)C(=O)OCC. The van der Waals surface area contributed by atoms with Crippen molar-refractivity contribution in [2.45, 2.75) is 32.7 Å². The monoisotopic (exact) mass is 279 g/mol. The van der Waals surface area contributed by atoms with Gasteiger partial charge in [-0.3, -0.25) is 0 Å². The molecule has 1 aromatic rings. The lowest BCUT2D eigenvalue weighted by atomic mass is 9.98. The Morgan fingerprint density at radius 3 is 2.30 bits per heavy atom. The first-order valence-corrected chi connectivity index (χ1v) is 6.71. The summed E-state index contributed by atoms with van der Waals surface area (Å²) in [4.78, 5) is 25.4. The topological polar surface area (TPSA) is 66.8 Å². The summed E-state index contributed by atoms with van der Waals surface area (Å²) in [6, 6.07) is 9.04. The first-order chi connectivity index (χ1) is 9.48. The van der Waals surface area contributed by atoms with Crippen molar-refractivity contribution in [1.29, 1.82) is 0 Å². The molecule has 0 aromatic heterocycles. The Morgan fingerprint density at radius 1 is 1.25 bits per heavy atom. The van der Waals surface area contributed by atoms with Gasteiger partial charge in [-0.2, -0.15) is 0 Å². The molecule has 0 radical (unpaired) electrons. The largest absolute Gasteiger partial charge is 0.479 e. The number of para-hydroxylation sites is 1. The van der Waals surface area contributed by atoms with E-state index in [0.29, 0.717) is 12.2 Å². The molecule has 1 aromatic carbocycles. The number of rotatable bonds is 7. The zero-order valence-corrected chi connectivity index (χ0v) is 12.1. The van der Waals surface area contributed by atoms with Crippen molar-refractivity contribution in [2.24, 2.45) is 0 Å². The van der Waals surface area contributed by atoms with E-state index in [9.17, 15) is 14.7 Å². The van der Waals surface area contributed by atoms with Crippen molar-refractivity contribution in [3.8, 4) is 0 Å². The molecule has 1 N–H and O–H groups in total. The molecule has 5 nitrogen and oxygen atoms in total. The number of hydrogen-bond acceptors (Lipinski definition) is 4. The van der Waals surface area contributed by atoms with Gasteiger partial charge in [0.15, 0.2) is 0 Å². The summed E-state index contributed by atoms with van der Waals surface area (Å²) < 4.78 is 4.96. The highest BCUT2D eigenvalue weighted by Crippen LogP contribution is 2.26. The summed E-state index contributed by atoms with van der Waals surface area (Å²) in [7, 11) is 0. The molecule has 0 bridgehead atoms. The zero-order valence-electron chi connectivity index (χ0n) is 12.1. The van der Waals surface area contributed by atoms with E-state index >= 15 is 0 Å². The van der Waals surface area contributed by atoms with Gasteiger partial charge in [0, 0.05) is 12.2 Å². The molecule has 0 heterocycles. The molecule has 1 rings (SSSR count). The summed E-state index contributed by atoms with van der Waals surface area (Å²) in [5, 5.41) is 9.55. The predicted octanol–water partition coefficient (Wildman–Crippen LogP) is 2.31. The van der Waals surface area contributed by atoms with Gasteiger partial charge < -0.3 is 14.7 Å². The van der Waals surface area contributed by atoms with Gasteiger partial charge in [0.05, 0.1) is 6.61 Å². The third-order valence-corrected chi connectivity index (χ3v) is 3.14. The van der Waals surface area contributed by atoms with Gasteiger partial charge in [0.2, 0.25) is 5.54 Å². The molecule has 0 fully saturated rings. The quantitative estimate of drug-likeness (QED) is 0.613. The first kappa shape index (κ1) is 16.0. The molecule has 5 heteroatoms. The molecular weight excluding hydrogens is 258 g/mol. The Hall–Kier alpha value is -2.04. The molecule has 0 saturated carbocycles. The first-order valence-electron chi connectivity index (χ1n) is 6.71. The number of anilines is 1. The molecule has 110 valence electrons. The number of carbonyl (C=O) groups is 2. The van der Waals surface area contributed by atoms with Crippen LogP contribution in [0, 0.1) is 0 Å². The maximum absolute atomic E-state index is 12.2. The minimum absolute atomic E-state index is 0.149. The summed E-state index contributed by atoms with van der Waals surface area (Å²) in [6.07, 6.45) is 0.719. The number of ether oxygens (including phenoxy) is 1. The minimum Gasteiger partial charge on any atom is -0.479 e. The van der Waals surface area contributed by atoms with E-state index in [2.05, 4.69) is 0 Å². The normalized spacial score (nSPS) is 13.3. The van der Waals surface area contributed by atoms with E-state index in [0.717, 1.165) is 6.42 Å². The van der Waals surface area contributed by atoms with E-state index < -0.39 is 17.5 Å². The van der Waals surface area contributed by atoms with Gasteiger partial charge in [0.1, 0.15) is 0 Å². The van der Waals surface area contributed by atoms with Crippen LogP contribution in [0.3, 0.4) is 0 Å². The van der Waals surface area contributed by atoms with E-state index in [1.165, 1.54) is 6.92 Å². The van der Waals surface area contributed by atoms with Crippen molar-refractivity contribution >= 4 is 17.6 Å². The molecule has 0 amide bonds. The molecule has 20 heavy (non-hydrogen) atoms. The summed E-state index contributed by atoms with van der Waals surface area (Å²) in [5.74, 6) is -1.96. The second kappa shape index (κ2) is 6.93. The Kier molecular flexibility index (Phi) is 5.55. The fraction of sp³-hybridized carbons (Fsp3) is 0.467. The van der Waals surface area contributed by atoms with Crippen molar-refractivity contribution in [3.63, 3.8) is 0 Å². The van der Waals surface area contributed by atoms with Gasteiger partial charge in [-0.05, 0) is 32.4 Å². The molecule has 0 saturated heterocycles. The molecule has 1 unspecified atom stereocenters. The van der Waals surface area contributed by atoms with E-state index in [1.54, 1.807) is 24.0 Å². The third-order valence-electron chi connectivity index (χ3n) is 3.14. The Bertz CT molecular complexity index is 460. The smallest absolute Gasteiger partial charge is 0.343 e.